The van der Waals surface area contributed by atoms with E-state index in [1.54, 1.807) is 0 Å². The van der Waals surface area contributed by atoms with Gasteiger partial charge in [-0.3, -0.25) is 4.79 Å². The second-order valence-corrected chi connectivity index (χ2v) is 6.38. The Hall–Kier alpha value is -2.49. The van der Waals surface area contributed by atoms with E-state index in [-0.39, 0.29) is 11.8 Å². The van der Waals surface area contributed by atoms with Gasteiger partial charge in [0.2, 0.25) is 5.91 Å². The lowest BCUT2D eigenvalue weighted by atomic mass is 9.96. The summed E-state index contributed by atoms with van der Waals surface area (Å²) in [6.45, 7) is 3.85. The zero-order chi connectivity index (χ0) is 17.5. The Balaban J connectivity index is 1.48. The lowest BCUT2D eigenvalue weighted by Crippen LogP contribution is -2.37. The van der Waals surface area contributed by atoms with E-state index in [1.165, 1.54) is 0 Å². The van der Waals surface area contributed by atoms with Crippen LogP contribution in [-0.4, -0.2) is 19.1 Å². The van der Waals surface area contributed by atoms with Gasteiger partial charge in [0.25, 0.3) is 0 Å². The van der Waals surface area contributed by atoms with E-state index in [0.29, 0.717) is 13.2 Å². The van der Waals surface area contributed by atoms with Crippen molar-refractivity contribution >= 4 is 5.91 Å². The van der Waals surface area contributed by atoms with Crippen LogP contribution in [0.25, 0.3) is 0 Å². The van der Waals surface area contributed by atoms with Gasteiger partial charge in [0, 0.05) is 6.54 Å². The largest absolute Gasteiger partial charge is 0.494 e. The summed E-state index contributed by atoms with van der Waals surface area (Å²) in [5.74, 6) is 1.68. The quantitative estimate of drug-likeness (QED) is 0.782. The fourth-order valence-corrected chi connectivity index (χ4v) is 2.87. The molecule has 0 aromatic heterocycles. The summed E-state index contributed by atoms with van der Waals surface area (Å²) < 4.78 is 11.3. The van der Waals surface area contributed by atoms with Crippen molar-refractivity contribution in [2.45, 2.75) is 32.7 Å². The second kappa shape index (κ2) is 8.56. The fourth-order valence-electron chi connectivity index (χ4n) is 2.87. The molecule has 2 aromatic rings. The van der Waals surface area contributed by atoms with Crippen molar-refractivity contribution in [1.29, 1.82) is 0 Å². The number of benzene rings is 2. The molecule has 1 N–H and O–H groups in total. The molecule has 3 rings (SSSR count). The summed E-state index contributed by atoms with van der Waals surface area (Å²) in [6, 6.07) is 15.8. The van der Waals surface area contributed by atoms with E-state index in [0.717, 1.165) is 48.5 Å². The summed E-state index contributed by atoms with van der Waals surface area (Å²) in [4.78, 5) is 12.4. The molecule has 4 heteroatoms. The smallest absolute Gasteiger partial charge is 0.227 e. The molecule has 1 atom stereocenters. The molecule has 0 bridgehead atoms. The van der Waals surface area contributed by atoms with Crippen LogP contribution in [0.4, 0.5) is 0 Å². The maximum absolute atomic E-state index is 12.4. The van der Waals surface area contributed by atoms with Crippen molar-refractivity contribution in [1.82, 2.24) is 5.32 Å². The number of nitrogens with one attached hydrogen (secondary N) is 1. The Kier molecular flexibility index (Phi) is 5.94. The summed E-state index contributed by atoms with van der Waals surface area (Å²) >= 11 is 0. The van der Waals surface area contributed by atoms with Gasteiger partial charge in [-0.1, -0.05) is 43.7 Å². The molecule has 0 aliphatic carbocycles. The van der Waals surface area contributed by atoms with Gasteiger partial charge < -0.3 is 14.8 Å². The van der Waals surface area contributed by atoms with Gasteiger partial charge in [-0.05, 0) is 42.2 Å². The molecule has 1 aliphatic heterocycles. The Labute approximate surface area is 149 Å². The molecule has 0 spiro atoms. The van der Waals surface area contributed by atoms with Crippen LogP contribution in [0.3, 0.4) is 0 Å². The first kappa shape index (κ1) is 17.3. The third kappa shape index (κ3) is 4.75. The number of amides is 1. The summed E-state index contributed by atoms with van der Waals surface area (Å²) in [6.07, 6.45) is 2.91. The number of unbranched alkanes of at least 4 members (excludes halogenated alkanes) is 1. The third-order valence-electron chi connectivity index (χ3n) is 4.41. The number of carbonyl (C=O) groups is 1. The van der Waals surface area contributed by atoms with E-state index < -0.39 is 0 Å². The Morgan fingerprint density at radius 1 is 1.20 bits per heavy atom. The van der Waals surface area contributed by atoms with Crippen LogP contribution in [0.1, 0.15) is 30.9 Å². The van der Waals surface area contributed by atoms with Crippen molar-refractivity contribution < 1.29 is 14.3 Å². The second-order valence-electron chi connectivity index (χ2n) is 6.38. The van der Waals surface area contributed by atoms with E-state index in [2.05, 4.69) is 12.2 Å². The summed E-state index contributed by atoms with van der Waals surface area (Å²) in [7, 11) is 0. The van der Waals surface area contributed by atoms with Crippen LogP contribution < -0.4 is 14.8 Å². The Morgan fingerprint density at radius 3 is 2.80 bits per heavy atom. The lowest BCUT2D eigenvalue weighted by Gasteiger charge is -2.24. The van der Waals surface area contributed by atoms with E-state index in [4.69, 9.17) is 9.47 Å². The number of rotatable bonds is 7. The first-order valence-electron chi connectivity index (χ1n) is 8.96. The van der Waals surface area contributed by atoms with Crippen LogP contribution >= 0.6 is 0 Å². The number of hydrogen-bond acceptors (Lipinski definition) is 3. The van der Waals surface area contributed by atoms with Gasteiger partial charge in [-0.25, -0.2) is 0 Å². The van der Waals surface area contributed by atoms with Crippen molar-refractivity contribution in [2.75, 3.05) is 13.2 Å². The zero-order valence-corrected chi connectivity index (χ0v) is 14.7. The zero-order valence-electron chi connectivity index (χ0n) is 14.7. The van der Waals surface area contributed by atoms with Gasteiger partial charge in [0.1, 0.15) is 18.1 Å². The summed E-state index contributed by atoms with van der Waals surface area (Å²) in [5.41, 5.74) is 2.16. The minimum absolute atomic E-state index is 0.0396. The molecule has 25 heavy (non-hydrogen) atoms. The average molecular weight is 339 g/mol. The lowest BCUT2D eigenvalue weighted by molar-refractivity contribution is -0.126. The Bertz CT molecular complexity index is 697. The number of carbonyl (C=O) groups excluding carboxylic acids is 1. The number of ether oxygens (including phenoxy) is 2. The van der Waals surface area contributed by atoms with Crippen molar-refractivity contribution in [3.63, 3.8) is 0 Å². The highest BCUT2D eigenvalue weighted by Gasteiger charge is 2.25. The van der Waals surface area contributed by atoms with Gasteiger partial charge >= 0.3 is 0 Å². The monoisotopic (exact) mass is 339 g/mol. The highest BCUT2D eigenvalue weighted by molar-refractivity contribution is 5.79. The van der Waals surface area contributed by atoms with Gasteiger partial charge in [0.15, 0.2) is 0 Å². The normalized spacial score (nSPS) is 15.8. The average Bonchev–Trinajstić information content (AvgIpc) is 2.67. The van der Waals surface area contributed by atoms with E-state index in [9.17, 15) is 4.79 Å². The predicted octanol–water partition coefficient (Wildman–Crippen LogP) is 3.73. The molecular weight excluding hydrogens is 314 g/mol. The minimum Gasteiger partial charge on any atom is -0.494 e. The molecule has 132 valence electrons. The first-order valence-corrected chi connectivity index (χ1v) is 8.96. The van der Waals surface area contributed by atoms with E-state index in [1.807, 2.05) is 48.5 Å². The molecule has 0 saturated heterocycles. The van der Waals surface area contributed by atoms with Crippen molar-refractivity contribution in [2.24, 2.45) is 5.92 Å². The maximum Gasteiger partial charge on any atom is 0.227 e. The molecular formula is C21H25NO3. The number of hydrogen-bond donors (Lipinski definition) is 1. The van der Waals surface area contributed by atoms with Crippen LogP contribution in [0.15, 0.2) is 48.5 Å². The highest BCUT2D eigenvalue weighted by atomic mass is 16.5. The Morgan fingerprint density at radius 2 is 2.00 bits per heavy atom. The fraction of sp³-hybridized carbons (Fsp3) is 0.381. The van der Waals surface area contributed by atoms with Crippen LogP contribution in [0.2, 0.25) is 0 Å². The van der Waals surface area contributed by atoms with E-state index >= 15 is 0 Å². The standard InChI is InChI=1S/C21H25NO3/c1-2-3-12-24-19-10-8-16(9-11-19)14-22-21(23)18-13-17-6-4-5-7-20(17)25-15-18/h4-11,18H,2-3,12-15H2,1H3,(H,22,23)/t18-/m0/s1. The molecule has 1 aliphatic rings. The molecule has 1 amide bonds. The SMILES string of the molecule is CCCCOc1ccc(CNC(=O)[C@@H]2COc3ccccc3C2)cc1. The van der Waals surface area contributed by atoms with Crippen LogP contribution in [-0.2, 0) is 17.8 Å². The van der Waals surface area contributed by atoms with Crippen LogP contribution in [0, 0.1) is 5.92 Å². The first-order chi connectivity index (χ1) is 12.3. The third-order valence-corrected chi connectivity index (χ3v) is 4.41. The maximum atomic E-state index is 12.4. The molecule has 0 unspecified atom stereocenters. The van der Waals surface area contributed by atoms with Gasteiger partial charge in [0.05, 0.1) is 12.5 Å². The number of para-hydroxylation sites is 1. The van der Waals surface area contributed by atoms with Gasteiger partial charge in [-0.2, -0.15) is 0 Å². The molecule has 0 saturated carbocycles. The predicted molar refractivity (Wildman–Crippen MR) is 97.8 cm³/mol. The summed E-state index contributed by atoms with van der Waals surface area (Å²) in [5, 5.41) is 3.01. The molecule has 0 fully saturated rings. The van der Waals surface area contributed by atoms with Gasteiger partial charge in [-0.15, -0.1) is 0 Å². The molecule has 1 heterocycles. The topological polar surface area (TPSA) is 47.6 Å². The molecule has 4 nitrogen and oxygen atoms in total. The number of fused-ring (bicyclic) bond motifs is 1. The molecule has 0 radical (unpaired) electrons. The van der Waals surface area contributed by atoms with Crippen molar-refractivity contribution in [3.8, 4) is 11.5 Å². The highest BCUT2D eigenvalue weighted by Crippen LogP contribution is 2.26. The molecule has 2 aromatic carbocycles. The minimum atomic E-state index is -0.133. The van der Waals surface area contributed by atoms with Crippen molar-refractivity contribution in [3.05, 3.63) is 59.7 Å². The van der Waals surface area contributed by atoms with Crippen LogP contribution in [0.5, 0.6) is 11.5 Å².